The number of amides is 2. The first kappa shape index (κ1) is 14.5. The number of benzene rings is 2. The molecular weight excluding hydrogens is 302 g/mol. The van der Waals surface area contributed by atoms with E-state index in [1.807, 2.05) is 60.8 Å². The minimum atomic E-state index is -0.623. The van der Waals surface area contributed by atoms with Crippen LogP contribution in [-0.4, -0.2) is 28.2 Å². The molecule has 5 heteroatoms. The van der Waals surface area contributed by atoms with Gasteiger partial charge in [-0.25, -0.2) is 0 Å². The normalized spacial score (nSPS) is 15.2. The van der Waals surface area contributed by atoms with Crippen LogP contribution >= 0.6 is 0 Å². The molecule has 4 rings (SSSR count). The summed E-state index contributed by atoms with van der Waals surface area (Å²) in [5.41, 5.74) is 2.50. The number of aromatic amines is 1. The van der Waals surface area contributed by atoms with E-state index >= 15 is 0 Å². The van der Waals surface area contributed by atoms with Crippen LogP contribution in [0.5, 0.6) is 0 Å². The van der Waals surface area contributed by atoms with Crippen LogP contribution < -0.4 is 5.32 Å². The minimum Gasteiger partial charge on any atom is -0.361 e. The summed E-state index contributed by atoms with van der Waals surface area (Å²) in [6.45, 7) is 0.602. The van der Waals surface area contributed by atoms with Crippen LogP contribution in [0.3, 0.4) is 0 Å². The highest BCUT2D eigenvalue weighted by Crippen LogP contribution is 2.32. The van der Waals surface area contributed by atoms with Crippen molar-refractivity contribution in [1.29, 1.82) is 0 Å². The quantitative estimate of drug-likeness (QED) is 0.726. The molecule has 1 aromatic heterocycles. The largest absolute Gasteiger partial charge is 0.361 e. The van der Waals surface area contributed by atoms with E-state index < -0.39 is 6.04 Å². The van der Waals surface area contributed by atoms with Gasteiger partial charge < -0.3 is 15.2 Å². The lowest BCUT2D eigenvalue weighted by molar-refractivity contribution is -0.147. The average molecular weight is 319 g/mol. The van der Waals surface area contributed by atoms with Gasteiger partial charge in [0.2, 0.25) is 5.91 Å². The zero-order valence-corrected chi connectivity index (χ0v) is 13.0. The molecule has 2 N–H and O–H groups in total. The molecule has 0 spiro atoms. The van der Waals surface area contributed by atoms with Crippen molar-refractivity contribution in [3.05, 3.63) is 66.4 Å². The number of para-hydroxylation sites is 2. The Balaban J connectivity index is 1.72. The van der Waals surface area contributed by atoms with Gasteiger partial charge in [0.15, 0.2) is 0 Å². The average Bonchev–Trinajstić information content (AvgIpc) is 3.02. The van der Waals surface area contributed by atoms with Gasteiger partial charge in [-0.3, -0.25) is 9.59 Å². The van der Waals surface area contributed by atoms with E-state index in [9.17, 15) is 9.59 Å². The van der Waals surface area contributed by atoms with Crippen molar-refractivity contribution in [2.75, 3.05) is 11.9 Å². The topological polar surface area (TPSA) is 65.2 Å². The molecule has 120 valence electrons. The summed E-state index contributed by atoms with van der Waals surface area (Å²) < 4.78 is 0. The molecule has 1 aliphatic rings. The zero-order valence-electron chi connectivity index (χ0n) is 13.0. The number of likely N-dealkylation sites (tertiary alicyclic amines) is 1. The second-order valence-electron chi connectivity index (χ2n) is 5.88. The third kappa shape index (κ3) is 2.44. The summed E-state index contributed by atoms with van der Waals surface area (Å²) in [5, 5.41) is 3.88. The summed E-state index contributed by atoms with van der Waals surface area (Å²) in [4.78, 5) is 29.7. The number of β-lactam (4-membered cyclic amide) rings is 1. The highest BCUT2D eigenvalue weighted by atomic mass is 16.2. The molecule has 1 saturated heterocycles. The number of carbonyl (C=O) groups is 2. The Morgan fingerprint density at radius 1 is 1.08 bits per heavy atom. The lowest BCUT2D eigenvalue weighted by atomic mass is 9.99. The molecule has 1 atom stereocenters. The van der Waals surface area contributed by atoms with Crippen molar-refractivity contribution in [3.8, 4) is 0 Å². The summed E-state index contributed by atoms with van der Waals surface area (Å²) in [6, 6.07) is 16.5. The molecule has 1 aliphatic heterocycles. The van der Waals surface area contributed by atoms with Gasteiger partial charge in [-0.15, -0.1) is 0 Å². The highest BCUT2D eigenvalue weighted by Gasteiger charge is 2.37. The Morgan fingerprint density at radius 2 is 1.83 bits per heavy atom. The van der Waals surface area contributed by atoms with E-state index in [1.54, 1.807) is 4.90 Å². The number of H-pyrrole nitrogens is 1. The Labute approximate surface area is 139 Å². The van der Waals surface area contributed by atoms with Crippen molar-refractivity contribution < 1.29 is 9.59 Å². The van der Waals surface area contributed by atoms with Gasteiger partial charge in [0.25, 0.3) is 5.91 Å². The molecule has 0 bridgehead atoms. The molecule has 0 unspecified atom stereocenters. The van der Waals surface area contributed by atoms with Crippen molar-refractivity contribution in [2.24, 2.45) is 0 Å². The number of hydrogen-bond acceptors (Lipinski definition) is 2. The number of nitrogens with zero attached hydrogens (tertiary/aromatic N) is 1. The molecule has 3 aromatic rings. The van der Waals surface area contributed by atoms with E-state index in [0.29, 0.717) is 13.0 Å². The van der Waals surface area contributed by atoms with Crippen LogP contribution in [0.1, 0.15) is 18.0 Å². The van der Waals surface area contributed by atoms with Crippen LogP contribution in [0, 0.1) is 0 Å². The fourth-order valence-corrected chi connectivity index (χ4v) is 3.11. The Morgan fingerprint density at radius 3 is 2.54 bits per heavy atom. The SMILES string of the molecule is O=C(Nc1ccccc1)[C@H](c1c[nH]c2ccccc12)N1CCC1=O. The maximum Gasteiger partial charge on any atom is 0.251 e. The molecule has 24 heavy (non-hydrogen) atoms. The Kier molecular flexibility index (Phi) is 3.54. The van der Waals surface area contributed by atoms with Crippen LogP contribution in [0.25, 0.3) is 10.9 Å². The third-order valence-corrected chi connectivity index (χ3v) is 4.40. The standard InChI is InChI=1S/C19H17N3O2/c23-17-10-11-22(17)18(19(24)21-13-6-2-1-3-7-13)15-12-20-16-9-5-4-8-14(15)16/h1-9,12,18,20H,10-11H2,(H,21,24)/t18-/m0/s1. The van der Waals surface area contributed by atoms with Crippen molar-refractivity contribution in [3.63, 3.8) is 0 Å². The van der Waals surface area contributed by atoms with Crippen LogP contribution in [0.15, 0.2) is 60.8 Å². The third-order valence-electron chi connectivity index (χ3n) is 4.40. The summed E-state index contributed by atoms with van der Waals surface area (Å²) >= 11 is 0. The molecular formula is C19H17N3O2. The first-order chi connectivity index (χ1) is 11.7. The molecule has 0 aliphatic carbocycles. The lowest BCUT2D eigenvalue weighted by Gasteiger charge is -2.37. The van der Waals surface area contributed by atoms with Gasteiger partial charge in [0.1, 0.15) is 6.04 Å². The Bertz CT molecular complexity index is 901. The monoisotopic (exact) mass is 319 g/mol. The fraction of sp³-hybridized carbons (Fsp3) is 0.158. The molecule has 0 radical (unpaired) electrons. The summed E-state index contributed by atoms with van der Waals surface area (Å²) in [7, 11) is 0. The summed E-state index contributed by atoms with van der Waals surface area (Å²) in [6.07, 6.45) is 2.32. The summed E-state index contributed by atoms with van der Waals surface area (Å²) in [5.74, 6) is -0.188. The van der Waals surface area contributed by atoms with Gasteiger partial charge in [0.05, 0.1) is 0 Å². The molecule has 2 aromatic carbocycles. The van der Waals surface area contributed by atoms with Gasteiger partial charge >= 0.3 is 0 Å². The molecule has 1 fully saturated rings. The number of carbonyl (C=O) groups excluding carboxylic acids is 2. The van der Waals surface area contributed by atoms with Crippen molar-refractivity contribution in [2.45, 2.75) is 12.5 Å². The first-order valence-corrected chi connectivity index (χ1v) is 7.95. The van der Waals surface area contributed by atoms with Crippen LogP contribution in [-0.2, 0) is 9.59 Å². The second kappa shape index (κ2) is 5.85. The maximum absolute atomic E-state index is 12.9. The minimum absolute atomic E-state index is 0.00786. The number of hydrogen-bond donors (Lipinski definition) is 2. The zero-order chi connectivity index (χ0) is 16.5. The predicted octanol–water partition coefficient (Wildman–Crippen LogP) is 3.08. The van der Waals surface area contributed by atoms with Crippen LogP contribution in [0.4, 0.5) is 5.69 Å². The molecule has 5 nitrogen and oxygen atoms in total. The van der Waals surface area contributed by atoms with Gasteiger partial charge in [-0.05, 0) is 18.2 Å². The van der Waals surface area contributed by atoms with Crippen molar-refractivity contribution in [1.82, 2.24) is 9.88 Å². The first-order valence-electron chi connectivity index (χ1n) is 7.95. The van der Waals surface area contributed by atoms with Crippen molar-refractivity contribution >= 4 is 28.4 Å². The number of fused-ring (bicyclic) bond motifs is 1. The van der Waals surface area contributed by atoms with Gasteiger partial charge in [-0.1, -0.05) is 36.4 Å². The van der Waals surface area contributed by atoms with Gasteiger partial charge in [0, 0.05) is 41.3 Å². The van der Waals surface area contributed by atoms with Crippen LogP contribution in [0.2, 0.25) is 0 Å². The van der Waals surface area contributed by atoms with E-state index in [4.69, 9.17) is 0 Å². The van der Waals surface area contributed by atoms with E-state index in [0.717, 1.165) is 22.2 Å². The van der Waals surface area contributed by atoms with E-state index in [-0.39, 0.29) is 11.8 Å². The number of nitrogens with one attached hydrogen (secondary N) is 2. The smallest absolute Gasteiger partial charge is 0.251 e. The van der Waals surface area contributed by atoms with Gasteiger partial charge in [-0.2, -0.15) is 0 Å². The second-order valence-corrected chi connectivity index (χ2v) is 5.88. The van der Waals surface area contributed by atoms with E-state index in [1.165, 1.54) is 0 Å². The molecule has 2 amide bonds. The number of aromatic nitrogens is 1. The number of anilines is 1. The fourth-order valence-electron chi connectivity index (χ4n) is 3.11. The Hall–Kier alpha value is -3.08. The number of rotatable bonds is 4. The predicted molar refractivity (Wildman–Crippen MR) is 92.4 cm³/mol. The maximum atomic E-state index is 12.9. The van der Waals surface area contributed by atoms with E-state index in [2.05, 4.69) is 10.3 Å². The molecule has 2 heterocycles. The highest BCUT2D eigenvalue weighted by molar-refractivity contribution is 6.01. The lowest BCUT2D eigenvalue weighted by Crippen LogP contribution is -2.49. The molecule has 0 saturated carbocycles.